The van der Waals surface area contributed by atoms with Gasteiger partial charge >= 0.3 is 12.1 Å². The van der Waals surface area contributed by atoms with Crippen molar-refractivity contribution in [2.24, 2.45) is 5.92 Å². The molecule has 1 aliphatic heterocycles. The van der Waals surface area contributed by atoms with Crippen molar-refractivity contribution in [1.29, 1.82) is 0 Å². The van der Waals surface area contributed by atoms with Crippen molar-refractivity contribution >= 4 is 46.0 Å². The molecule has 38 heavy (non-hydrogen) atoms. The summed E-state index contributed by atoms with van der Waals surface area (Å²) in [6.45, 7) is 1.42. The fraction of sp³-hybridized carbons (Fsp3) is 0.346. The number of fused-ring (bicyclic) bond motifs is 1. The van der Waals surface area contributed by atoms with Gasteiger partial charge in [0, 0.05) is 46.6 Å². The predicted molar refractivity (Wildman–Crippen MR) is 139 cm³/mol. The minimum absolute atomic E-state index is 0.0216. The van der Waals surface area contributed by atoms with Crippen LogP contribution in [0.25, 0.3) is 22.0 Å². The van der Waals surface area contributed by atoms with Gasteiger partial charge in [-0.25, -0.2) is 0 Å². The normalized spacial score (nSPS) is 16.6. The van der Waals surface area contributed by atoms with Crippen LogP contribution in [0, 0.1) is 5.92 Å². The first kappa shape index (κ1) is 28.0. The highest BCUT2D eigenvalue weighted by molar-refractivity contribution is 8.00. The highest BCUT2D eigenvalue weighted by Gasteiger charge is 2.31. The Balaban J connectivity index is 1.64. The number of phenols is 1. The molecule has 1 aromatic heterocycles. The molecule has 12 heteroatoms. The largest absolute Gasteiger partial charge is 0.507 e. The molecule has 1 aliphatic rings. The van der Waals surface area contributed by atoms with Crippen molar-refractivity contribution in [3.8, 4) is 16.9 Å². The number of carboxylic acid groups (broad SMARTS) is 1. The van der Waals surface area contributed by atoms with Gasteiger partial charge < -0.3 is 20.1 Å². The summed E-state index contributed by atoms with van der Waals surface area (Å²) in [5, 5.41) is 20.0. The third-order valence-corrected chi connectivity index (χ3v) is 7.84. The van der Waals surface area contributed by atoms with Crippen LogP contribution in [0.4, 0.5) is 13.2 Å². The summed E-state index contributed by atoms with van der Waals surface area (Å²) in [6.07, 6.45) is -3.20. The maximum atomic E-state index is 13.5. The van der Waals surface area contributed by atoms with Crippen LogP contribution in [0.5, 0.6) is 5.75 Å². The molecule has 0 bridgehead atoms. The Morgan fingerprint density at radius 1 is 1.18 bits per heavy atom. The number of alkyl halides is 3. The van der Waals surface area contributed by atoms with E-state index >= 15 is 0 Å². The average molecular weight is 569 g/mol. The van der Waals surface area contributed by atoms with Crippen molar-refractivity contribution in [3.05, 3.63) is 57.3 Å². The standard InChI is InChI=1S/C26H24ClF3N2O5S/c27-16-4-6-21(34)19(11-16)22-18-10-15(26(28,29)30)3-5-20(18)31-24(35)23(22)38-13-17(33)7-9-32-8-1-2-14(12-32)25(36)37/h3-6,10-11,14,34H,1-2,7-9,12-13H2,(H,31,35)(H,36,37). The van der Waals surface area contributed by atoms with Crippen LogP contribution in [0.15, 0.2) is 46.1 Å². The molecule has 3 N–H and O–H groups in total. The first-order valence-electron chi connectivity index (χ1n) is 11.8. The molecule has 4 rings (SSSR count). The van der Waals surface area contributed by atoms with Crippen LogP contribution in [0.2, 0.25) is 5.02 Å². The minimum atomic E-state index is -4.64. The minimum Gasteiger partial charge on any atom is -0.507 e. The lowest BCUT2D eigenvalue weighted by Gasteiger charge is -2.30. The van der Waals surface area contributed by atoms with E-state index in [9.17, 15) is 37.8 Å². The predicted octanol–water partition coefficient (Wildman–Crippen LogP) is 5.42. The first-order valence-corrected chi connectivity index (χ1v) is 13.2. The van der Waals surface area contributed by atoms with Crippen LogP contribution in [0.3, 0.4) is 0 Å². The van der Waals surface area contributed by atoms with Crippen molar-refractivity contribution in [2.75, 3.05) is 25.4 Å². The molecule has 0 aliphatic carbocycles. The van der Waals surface area contributed by atoms with Gasteiger partial charge in [0.15, 0.2) is 0 Å². The van der Waals surface area contributed by atoms with Crippen molar-refractivity contribution < 1.29 is 33.0 Å². The number of aromatic amines is 1. The number of H-pyrrole nitrogens is 1. The number of carbonyl (C=O) groups excluding carboxylic acids is 1. The number of Topliss-reactive ketones (excluding diaryl/α,β-unsaturated/α-hetero) is 1. The van der Waals surface area contributed by atoms with Crippen LogP contribution >= 0.6 is 23.4 Å². The smallest absolute Gasteiger partial charge is 0.416 e. The summed E-state index contributed by atoms with van der Waals surface area (Å²) in [7, 11) is 0. The number of piperidine rings is 1. The van der Waals surface area contributed by atoms with E-state index in [-0.39, 0.29) is 55.7 Å². The fourth-order valence-corrected chi connectivity index (χ4v) is 5.70. The number of nitrogens with one attached hydrogen (secondary N) is 1. The number of hydrogen-bond donors (Lipinski definition) is 3. The number of nitrogens with zero attached hydrogens (tertiary/aromatic N) is 1. The molecular formula is C26H24ClF3N2O5S. The zero-order valence-electron chi connectivity index (χ0n) is 20.0. The second-order valence-corrected chi connectivity index (χ2v) is 10.6. The molecule has 2 heterocycles. The molecule has 7 nitrogen and oxygen atoms in total. The summed E-state index contributed by atoms with van der Waals surface area (Å²) >= 11 is 6.98. The van der Waals surface area contributed by atoms with Gasteiger partial charge in [0.25, 0.3) is 5.56 Å². The third kappa shape index (κ3) is 6.33. The molecule has 3 aromatic rings. The number of aromatic hydroxyl groups is 1. The van der Waals surface area contributed by atoms with Crippen molar-refractivity contribution in [1.82, 2.24) is 9.88 Å². The van der Waals surface area contributed by atoms with E-state index in [1.54, 1.807) is 0 Å². The lowest BCUT2D eigenvalue weighted by atomic mass is 9.98. The summed E-state index contributed by atoms with van der Waals surface area (Å²) in [4.78, 5) is 41.5. The molecule has 1 fully saturated rings. The lowest BCUT2D eigenvalue weighted by molar-refractivity contribution is -0.143. The maximum Gasteiger partial charge on any atom is 0.416 e. The van der Waals surface area contributed by atoms with E-state index in [0.717, 1.165) is 36.4 Å². The number of halogens is 4. The number of hydrogen-bond acceptors (Lipinski definition) is 6. The van der Waals surface area contributed by atoms with Crippen molar-refractivity contribution in [3.63, 3.8) is 0 Å². The molecule has 1 atom stereocenters. The molecule has 2 aromatic carbocycles. The summed E-state index contributed by atoms with van der Waals surface area (Å²) < 4.78 is 40.5. The second kappa shape index (κ2) is 11.4. The molecule has 0 radical (unpaired) electrons. The van der Waals surface area contributed by atoms with Crippen LogP contribution in [-0.2, 0) is 15.8 Å². The highest BCUT2D eigenvalue weighted by Crippen LogP contribution is 2.42. The Hall–Kier alpha value is -3.02. The number of aromatic nitrogens is 1. The van der Waals surface area contributed by atoms with Gasteiger partial charge in [-0.3, -0.25) is 14.4 Å². The van der Waals surface area contributed by atoms with Gasteiger partial charge in [-0.1, -0.05) is 11.6 Å². The van der Waals surface area contributed by atoms with E-state index in [1.807, 2.05) is 4.90 Å². The summed E-state index contributed by atoms with van der Waals surface area (Å²) in [6, 6.07) is 6.93. The quantitative estimate of drug-likeness (QED) is 0.311. The Bertz CT molecular complexity index is 1440. The number of likely N-dealkylation sites (tertiary alicyclic amines) is 1. The molecule has 202 valence electrons. The number of pyridine rings is 1. The number of rotatable bonds is 8. The van der Waals surface area contributed by atoms with E-state index < -0.39 is 29.2 Å². The number of thioether (sulfide) groups is 1. The number of aliphatic carboxylic acids is 1. The highest BCUT2D eigenvalue weighted by atomic mass is 35.5. The molecule has 1 unspecified atom stereocenters. The third-order valence-electron chi connectivity index (χ3n) is 6.46. The Kier molecular flexibility index (Phi) is 8.39. The monoisotopic (exact) mass is 568 g/mol. The van der Waals surface area contributed by atoms with Gasteiger partial charge in [-0.2, -0.15) is 13.2 Å². The SMILES string of the molecule is O=C(CCN1CCCC(C(=O)O)C1)CSc1c(-c2cc(Cl)ccc2O)c2cc(C(F)(F)F)ccc2[nH]c1=O. The van der Waals surface area contributed by atoms with E-state index in [2.05, 4.69) is 4.98 Å². The number of phenolic OH excluding ortho intramolecular Hbond substituents is 1. The molecular weight excluding hydrogens is 545 g/mol. The summed E-state index contributed by atoms with van der Waals surface area (Å²) in [5.41, 5.74) is -1.31. The van der Waals surface area contributed by atoms with Gasteiger partial charge in [0.2, 0.25) is 0 Å². The average Bonchev–Trinajstić information content (AvgIpc) is 2.86. The van der Waals surface area contributed by atoms with Gasteiger partial charge in [0.1, 0.15) is 11.5 Å². The Labute approximate surface area is 224 Å². The fourth-order valence-electron chi connectivity index (χ4n) is 4.53. The molecule has 0 saturated carbocycles. The topological polar surface area (TPSA) is 111 Å². The second-order valence-electron chi connectivity index (χ2n) is 9.13. The number of ketones is 1. The zero-order chi connectivity index (χ0) is 27.6. The van der Waals surface area contributed by atoms with Gasteiger partial charge in [-0.15, -0.1) is 11.8 Å². The number of carboxylic acids is 1. The first-order chi connectivity index (χ1) is 17.9. The van der Waals surface area contributed by atoms with Crippen LogP contribution in [0.1, 0.15) is 24.8 Å². The molecule has 0 amide bonds. The zero-order valence-corrected chi connectivity index (χ0v) is 21.6. The number of carbonyl (C=O) groups is 2. The van der Waals surface area contributed by atoms with Crippen LogP contribution < -0.4 is 5.56 Å². The molecule has 1 saturated heterocycles. The van der Waals surface area contributed by atoms with E-state index in [0.29, 0.717) is 26.1 Å². The number of benzene rings is 2. The van der Waals surface area contributed by atoms with E-state index in [4.69, 9.17) is 11.6 Å². The van der Waals surface area contributed by atoms with Gasteiger partial charge in [0.05, 0.1) is 22.1 Å². The van der Waals surface area contributed by atoms with Gasteiger partial charge in [-0.05, 0) is 55.8 Å². The lowest BCUT2D eigenvalue weighted by Crippen LogP contribution is -2.39. The van der Waals surface area contributed by atoms with E-state index in [1.165, 1.54) is 18.2 Å². The van der Waals surface area contributed by atoms with Crippen LogP contribution in [-0.4, -0.2) is 57.2 Å². The Morgan fingerprint density at radius 2 is 1.95 bits per heavy atom. The summed E-state index contributed by atoms with van der Waals surface area (Å²) in [5.74, 6) is -1.98. The maximum absolute atomic E-state index is 13.5. The molecule has 0 spiro atoms. The Morgan fingerprint density at radius 3 is 2.66 bits per heavy atom. The van der Waals surface area contributed by atoms with Crippen molar-refractivity contribution in [2.45, 2.75) is 30.3 Å².